The second-order valence-corrected chi connectivity index (χ2v) is 8.93. The van der Waals surface area contributed by atoms with Crippen molar-refractivity contribution in [1.82, 2.24) is 19.4 Å². The Balaban J connectivity index is 1.39. The standard InChI is InChI=1S/C27H26FN5O2/c1-16-11-19(27(34)35)12-23(28)25(16)17-6-9-33(10-7-17)15-20-13-22-21(5-8-30-26(22)32(20)2)18-3-4-24(29)31-14-18/h3-6,8,11-14H,7,9-10,15H2,1-2H3,(H2,29,31)(H,34,35). The predicted octanol–water partition coefficient (Wildman–Crippen LogP) is 4.65. The quantitative estimate of drug-likeness (QED) is 0.440. The highest BCUT2D eigenvalue weighted by Crippen LogP contribution is 2.32. The van der Waals surface area contributed by atoms with E-state index in [1.807, 2.05) is 25.3 Å². The number of nitrogen functional groups attached to an aromatic ring is 1. The van der Waals surface area contributed by atoms with Crippen LogP contribution in [0.2, 0.25) is 0 Å². The number of benzene rings is 1. The van der Waals surface area contributed by atoms with Gasteiger partial charge in [0.05, 0.1) is 5.56 Å². The summed E-state index contributed by atoms with van der Waals surface area (Å²) in [6, 6.07) is 10.6. The molecule has 7 nitrogen and oxygen atoms in total. The van der Waals surface area contributed by atoms with Gasteiger partial charge in [-0.05, 0) is 66.4 Å². The maximum absolute atomic E-state index is 14.7. The van der Waals surface area contributed by atoms with Gasteiger partial charge in [-0.2, -0.15) is 0 Å². The van der Waals surface area contributed by atoms with Gasteiger partial charge in [0, 0.05) is 61.3 Å². The zero-order valence-electron chi connectivity index (χ0n) is 19.6. The van der Waals surface area contributed by atoms with Crippen LogP contribution in [0.5, 0.6) is 0 Å². The first-order chi connectivity index (χ1) is 16.8. The molecule has 4 aromatic rings. The Hall–Kier alpha value is -4.04. The molecule has 35 heavy (non-hydrogen) atoms. The van der Waals surface area contributed by atoms with E-state index in [2.05, 4.69) is 25.5 Å². The lowest BCUT2D eigenvalue weighted by molar-refractivity contribution is 0.0696. The molecule has 0 radical (unpaired) electrons. The van der Waals surface area contributed by atoms with Crippen molar-refractivity contribution in [3.8, 4) is 11.1 Å². The third-order valence-electron chi connectivity index (χ3n) is 6.66. The van der Waals surface area contributed by atoms with E-state index in [-0.39, 0.29) is 5.56 Å². The molecule has 0 amide bonds. The summed E-state index contributed by atoms with van der Waals surface area (Å²) in [5, 5.41) is 10.2. The van der Waals surface area contributed by atoms with Crippen LogP contribution in [0.15, 0.2) is 54.9 Å². The van der Waals surface area contributed by atoms with E-state index in [1.165, 1.54) is 6.07 Å². The Bertz CT molecular complexity index is 1450. The van der Waals surface area contributed by atoms with Crippen molar-refractivity contribution < 1.29 is 14.3 Å². The molecular formula is C27H26FN5O2. The van der Waals surface area contributed by atoms with E-state index in [9.17, 15) is 14.3 Å². The van der Waals surface area contributed by atoms with Gasteiger partial charge in [0.1, 0.15) is 17.3 Å². The number of nitrogens with zero attached hydrogens (tertiary/aromatic N) is 4. The van der Waals surface area contributed by atoms with Gasteiger partial charge in [-0.1, -0.05) is 6.08 Å². The fourth-order valence-corrected chi connectivity index (χ4v) is 4.82. The summed E-state index contributed by atoms with van der Waals surface area (Å²) in [5.74, 6) is -1.12. The summed E-state index contributed by atoms with van der Waals surface area (Å²) in [6.45, 7) is 3.94. The van der Waals surface area contributed by atoms with Crippen LogP contribution in [0.25, 0.3) is 27.7 Å². The lowest BCUT2D eigenvalue weighted by Gasteiger charge is -2.27. The highest BCUT2D eigenvalue weighted by atomic mass is 19.1. The van der Waals surface area contributed by atoms with Crippen molar-refractivity contribution in [2.75, 3.05) is 18.8 Å². The van der Waals surface area contributed by atoms with Gasteiger partial charge >= 0.3 is 5.97 Å². The van der Waals surface area contributed by atoms with Crippen LogP contribution in [-0.4, -0.2) is 43.6 Å². The monoisotopic (exact) mass is 471 g/mol. The molecule has 178 valence electrons. The molecule has 0 aliphatic carbocycles. The number of carboxylic acids is 1. The molecule has 0 saturated heterocycles. The number of aromatic nitrogens is 3. The number of carboxylic acid groups (broad SMARTS) is 1. The number of nitrogens with two attached hydrogens (primary N) is 1. The molecule has 1 aromatic carbocycles. The molecule has 0 unspecified atom stereocenters. The third kappa shape index (κ3) is 4.28. The SMILES string of the molecule is Cc1cc(C(=O)O)cc(F)c1C1=CCN(Cc2cc3c(-c4ccc(N)nc4)ccnc3n2C)CC1. The molecule has 3 aromatic heterocycles. The van der Waals surface area contributed by atoms with Crippen LogP contribution in [0.4, 0.5) is 10.2 Å². The Morgan fingerprint density at radius 2 is 2.03 bits per heavy atom. The molecule has 0 bridgehead atoms. The molecule has 1 aliphatic heterocycles. The molecule has 0 spiro atoms. The molecule has 5 rings (SSSR count). The van der Waals surface area contributed by atoms with Crippen molar-refractivity contribution in [3.05, 3.63) is 83.1 Å². The van der Waals surface area contributed by atoms with Crippen molar-refractivity contribution in [3.63, 3.8) is 0 Å². The molecule has 0 saturated carbocycles. The van der Waals surface area contributed by atoms with E-state index < -0.39 is 11.8 Å². The minimum Gasteiger partial charge on any atom is -0.478 e. The van der Waals surface area contributed by atoms with Crippen LogP contribution in [0.3, 0.4) is 0 Å². The van der Waals surface area contributed by atoms with Crippen LogP contribution >= 0.6 is 0 Å². The number of fused-ring (bicyclic) bond motifs is 1. The van der Waals surface area contributed by atoms with E-state index in [0.717, 1.165) is 52.6 Å². The average Bonchev–Trinajstić information content (AvgIpc) is 3.15. The van der Waals surface area contributed by atoms with Crippen molar-refractivity contribution in [1.29, 1.82) is 0 Å². The fourth-order valence-electron chi connectivity index (χ4n) is 4.82. The van der Waals surface area contributed by atoms with Crippen LogP contribution < -0.4 is 5.73 Å². The van der Waals surface area contributed by atoms with Crippen LogP contribution in [-0.2, 0) is 13.6 Å². The topological polar surface area (TPSA) is 97.3 Å². The van der Waals surface area contributed by atoms with Crippen molar-refractivity contribution >= 4 is 28.4 Å². The Labute approximate surface area is 202 Å². The summed E-state index contributed by atoms with van der Waals surface area (Å²) in [7, 11) is 2.02. The fraction of sp³-hybridized carbons (Fsp3) is 0.222. The molecule has 0 fully saturated rings. The molecule has 3 N–H and O–H groups in total. The summed E-state index contributed by atoms with van der Waals surface area (Å²) < 4.78 is 16.8. The van der Waals surface area contributed by atoms with Crippen LogP contribution in [0.1, 0.15) is 33.6 Å². The lowest BCUT2D eigenvalue weighted by Crippen LogP contribution is -2.29. The first-order valence-corrected chi connectivity index (χ1v) is 11.4. The van der Waals surface area contributed by atoms with Gasteiger partial charge in [0.2, 0.25) is 0 Å². The van der Waals surface area contributed by atoms with Crippen molar-refractivity contribution in [2.45, 2.75) is 19.9 Å². The first-order valence-electron chi connectivity index (χ1n) is 11.4. The number of pyridine rings is 2. The maximum atomic E-state index is 14.7. The van der Waals surface area contributed by atoms with E-state index >= 15 is 0 Å². The number of hydrogen-bond donors (Lipinski definition) is 2. The number of carbonyl (C=O) groups is 1. The Morgan fingerprint density at radius 1 is 1.20 bits per heavy atom. The van der Waals surface area contributed by atoms with E-state index in [4.69, 9.17) is 5.73 Å². The van der Waals surface area contributed by atoms with Gasteiger partial charge < -0.3 is 15.4 Å². The average molecular weight is 472 g/mol. The van der Waals surface area contributed by atoms with Gasteiger partial charge in [0.15, 0.2) is 0 Å². The largest absolute Gasteiger partial charge is 0.478 e. The van der Waals surface area contributed by atoms with E-state index in [1.54, 1.807) is 25.4 Å². The number of halogens is 1. The molecule has 1 aliphatic rings. The predicted molar refractivity (Wildman–Crippen MR) is 134 cm³/mol. The Morgan fingerprint density at radius 3 is 2.69 bits per heavy atom. The number of hydrogen-bond acceptors (Lipinski definition) is 5. The third-order valence-corrected chi connectivity index (χ3v) is 6.66. The minimum atomic E-state index is -1.12. The zero-order chi connectivity index (χ0) is 24.7. The van der Waals surface area contributed by atoms with E-state index in [0.29, 0.717) is 29.9 Å². The zero-order valence-corrected chi connectivity index (χ0v) is 19.6. The first kappa shape index (κ1) is 22.7. The Kier molecular flexibility index (Phi) is 5.82. The molecule has 8 heteroatoms. The molecule has 0 atom stereocenters. The summed E-state index contributed by atoms with van der Waals surface area (Å²) in [5.41, 5.74) is 11.9. The van der Waals surface area contributed by atoms with Gasteiger partial charge in [-0.3, -0.25) is 4.90 Å². The lowest BCUT2D eigenvalue weighted by atomic mass is 9.93. The van der Waals surface area contributed by atoms with Gasteiger partial charge in [0.25, 0.3) is 0 Å². The van der Waals surface area contributed by atoms with Crippen molar-refractivity contribution in [2.24, 2.45) is 7.05 Å². The normalized spacial score (nSPS) is 14.3. The second kappa shape index (κ2) is 8.96. The smallest absolute Gasteiger partial charge is 0.335 e. The number of anilines is 1. The maximum Gasteiger partial charge on any atom is 0.335 e. The number of rotatable bonds is 5. The number of aromatic carboxylic acids is 1. The summed E-state index contributed by atoms with van der Waals surface area (Å²) in [4.78, 5) is 22.3. The van der Waals surface area contributed by atoms with Gasteiger partial charge in [-0.15, -0.1) is 0 Å². The van der Waals surface area contributed by atoms with Crippen LogP contribution in [0, 0.1) is 12.7 Å². The second-order valence-electron chi connectivity index (χ2n) is 8.93. The molecule has 4 heterocycles. The number of aryl methyl sites for hydroxylation is 2. The summed E-state index contributed by atoms with van der Waals surface area (Å²) >= 11 is 0. The van der Waals surface area contributed by atoms with Gasteiger partial charge in [-0.25, -0.2) is 19.2 Å². The minimum absolute atomic E-state index is 0.0275. The molecular weight excluding hydrogens is 445 g/mol. The highest BCUT2D eigenvalue weighted by molar-refractivity contribution is 5.94. The summed E-state index contributed by atoms with van der Waals surface area (Å²) in [6.07, 6.45) is 6.31. The highest BCUT2D eigenvalue weighted by Gasteiger charge is 2.21.